The van der Waals surface area contributed by atoms with E-state index in [2.05, 4.69) is 9.71 Å². The molecule has 7 nitrogen and oxygen atoms in total. The van der Waals surface area contributed by atoms with Crippen molar-refractivity contribution in [2.75, 3.05) is 4.90 Å². The third-order valence-electron chi connectivity index (χ3n) is 7.86. The second-order valence-electron chi connectivity index (χ2n) is 11.0. The van der Waals surface area contributed by atoms with E-state index in [1.54, 1.807) is 34.0 Å². The van der Waals surface area contributed by atoms with Crippen molar-refractivity contribution in [2.24, 2.45) is 7.05 Å². The van der Waals surface area contributed by atoms with E-state index in [1.807, 2.05) is 51.2 Å². The number of carbonyl (C=O) groups excluding carboxylic acids is 1. The van der Waals surface area contributed by atoms with Gasteiger partial charge in [0.15, 0.2) is 0 Å². The molecule has 1 heterocycles. The first-order chi connectivity index (χ1) is 19.9. The van der Waals surface area contributed by atoms with Crippen LogP contribution in [0.1, 0.15) is 66.2 Å². The molecule has 0 aliphatic heterocycles. The van der Waals surface area contributed by atoms with Crippen molar-refractivity contribution in [3.05, 3.63) is 113 Å². The van der Waals surface area contributed by atoms with Gasteiger partial charge in [-0.15, -0.1) is 0 Å². The molecule has 1 amide bonds. The van der Waals surface area contributed by atoms with Crippen molar-refractivity contribution < 1.29 is 22.0 Å². The lowest BCUT2D eigenvalue weighted by molar-refractivity contribution is -0.119. The lowest BCUT2D eigenvalue weighted by Crippen LogP contribution is -2.36. The minimum absolute atomic E-state index is 0.0598. The highest BCUT2D eigenvalue weighted by molar-refractivity contribution is 7.89. The Morgan fingerprint density at radius 2 is 1.83 bits per heavy atom. The Hall–Kier alpha value is -3.89. The fraction of sp³-hybridized carbons (Fsp3) is 0.312. The number of imidazole rings is 1. The number of amides is 1. The van der Waals surface area contributed by atoms with Gasteiger partial charge in [-0.1, -0.05) is 61.0 Å². The number of aromatic nitrogens is 2. The van der Waals surface area contributed by atoms with E-state index in [1.165, 1.54) is 30.3 Å². The average Bonchev–Trinajstić information content (AvgIpc) is 3.37. The number of fused-ring (bicyclic) bond motifs is 1. The van der Waals surface area contributed by atoms with Crippen molar-refractivity contribution in [2.45, 2.75) is 62.4 Å². The smallest absolute Gasteiger partial charge is 0.273 e. The maximum absolute atomic E-state index is 15.1. The molecule has 2 atom stereocenters. The molecule has 42 heavy (non-hydrogen) atoms. The number of hydrogen-bond acceptors (Lipinski definition) is 4. The number of rotatable bonds is 9. The Balaban J connectivity index is 1.51. The SMILES string of the molecule is Cc1ccc(S(=O)(=O)N[C@H]2CCC(F)(F)c3ccc(N(Cc4nccn4C)C(=O)C[C@@H](C)c4ccccc4)cc32)cc1. The van der Waals surface area contributed by atoms with E-state index < -0.39 is 28.4 Å². The minimum Gasteiger partial charge on any atom is -0.337 e. The van der Waals surface area contributed by atoms with Crippen LogP contribution in [-0.2, 0) is 34.3 Å². The summed E-state index contributed by atoms with van der Waals surface area (Å²) in [6, 6.07) is 19.5. The third kappa shape index (κ3) is 6.29. The number of aryl methyl sites for hydroxylation is 2. The standard InChI is InChI=1S/C32H34F2N4O3S/c1-22-9-12-26(13-10-22)42(40,41)36-29-15-16-32(33,34)28-14-11-25(20-27(28)29)38(21-30-35-17-18-37(30)3)31(39)19-23(2)24-7-5-4-6-8-24/h4-14,17-18,20,23,29,36H,15-16,19,21H2,1-3H3/t23-,29+/m1/s1. The highest BCUT2D eigenvalue weighted by Crippen LogP contribution is 2.46. The zero-order valence-electron chi connectivity index (χ0n) is 23.8. The summed E-state index contributed by atoms with van der Waals surface area (Å²) in [5.74, 6) is -2.79. The van der Waals surface area contributed by atoms with Crippen LogP contribution in [-0.4, -0.2) is 23.9 Å². The zero-order valence-corrected chi connectivity index (χ0v) is 24.6. The second-order valence-corrected chi connectivity index (χ2v) is 12.7. The summed E-state index contributed by atoms with van der Waals surface area (Å²) in [4.78, 5) is 19.8. The molecule has 0 radical (unpaired) electrons. The van der Waals surface area contributed by atoms with Crippen LogP contribution in [0.2, 0.25) is 0 Å². The van der Waals surface area contributed by atoms with Crippen LogP contribution in [0, 0.1) is 6.92 Å². The molecule has 1 aliphatic rings. The Bertz CT molecular complexity index is 1670. The first kappa shape index (κ1) is 29.6. The summed E-state index contributed by atoms with van der Waals surface area (Å²) in [6.45, 7) is 3.94. The van der Waals surface area contributed by atoms with Gasteiger partial charge in [-0.25, -0.2) is 26.9 Å². The molecule has 10 heteroatoms. The van der Waals surface area contributed by atoms with Crippen LogP contribution in [0.15, 0.2) is 90.1 Å². The highest BCUT2D eigenvalue weighted by Gasteiger charge is 2.42. The quantitative estimate of drug-likeness (QED) is 0.245. The van der Waals surface area contributed by atoms with Gasteiger partial charge in [0.25, 0.3) is 5.92 Å². The summed E-state index contributed by atoms with van der Waals surface area (Å²) < 4.78 is 61.1. The van der Waals surface area contributed by atoms with Gasteiger partial charge >= 0.3 is 0 Å². The molecule has 3 aromatic carbocycles. The van der Waals surface area contributed by atoms with Crippen molar-refractivity contribution in [1.82, 2.24) is 14.3 Å². The molecule has 220 valence electrons. The molecule has 1 aromatic heterocycles. The number of anilines is 1. The Kier molecular flexibility index (Phi) is 8.30. The minimum atomic E-state index is -3.99. The van der Waals surface area contributed by atoms with Gasteiger partial charge < -0.3 is 9.47 Å². The summed E-state index contributed by atoms with van der Waals surface area (Å²) in [5.41, 5.74) is 2.24. The van der Waals surface area contributed by atoms with Crippen molar-refractivity contribution in [3.63, 3.8) is 0 Å². The van der Waals surface area contributed by atoms with Crippen molar-refractivity contribution >= 4 is 21.6 Å². The zero-order chi connectivity index (χ0) is 30.1. The molecular formula is C32H34F2N4O3S. The van der Waals surface area contributed by atoms with E-state index in [9.17, 15) is 13.2 Å². The average molecular weight is 593 g/mol. The monoisotopic (exact) mass is 592 g/mol. The van der Waals surface area contributed by atoms with Crippen molar-refractivity contribution in [1.29, 1.82) is 0 Å². The van der Waals surface area contributed by atoms with Gasteiger partial charge in [-0.3, -0.25) is 4.79 Å². The molecule has 0 saturated carbocycles. The molecular weight excluding hydrogens is 558 g/mol. The number of benzene rings is 3. The van der Waals surface area contributed by atoms with Gasteiger partial charge in [-0.2, -0.15) is 0 Å². The summed E-state index contributed by atoms with van der Waals surface area (Å²) >= 11 is 0. The molecule has 0 saturated heterocycles. The predicted octanol–water partition coefficient (Wildman–Crippen LogP) is 6.36. The number of nitrogens with one attached hydrogen (secondary N) is 1. The summed E-state index contributed by atoms with van der Waals surface area (Å²) in [5, 5.41) is 0. The molecule has 0 fully saturated rings. The van der Waals surface area contributed by atoms with E-state index in [4.69, 9.17) is 0 Å². The van der Waals surface area contributed by atoms with Crippen LogP contribution in [0.5, 0.6) is 0 Å². The number of nitrogens with zero attached hydrogens (tertiary/aromatic N) is 3. The van der Waals surface area contributed by atoms with Crippen LogP contribution in [0.3, 0.4) is 0 Å². The lowest BCUT2D eigenvalue weighted by Gasteiger charge is -2.33. The maximum Gasteiger partial charge on any atom is 0.273 e. The number of alkyl halides is 2. The fourth-order valence-corrected chi connectivity index (χ4v) is 6.59. The Morgan fingerprint density at radius 1 is 1.12 bits per heavy atom. The van der Waals surface area contributed by atoms with Gasteiger partial charge in [0.05, 0.1) is 11.4 Å². The van der Waals surface area contributed by atoms with E-state index in [0.717, 1.165) is 11.1 Å². The predicted molar refractivity (Wildman–Crippen MR) is 158 cm³/mol. The van der Waals surface area contributed by atoms with E-state index >= 15 is 8.78 Å². The molecule has 0 spiro atoms. The summed E-state index contributed by atoms with van der Waals surface area (Å²) in [6.07, 6.45) is 3.00. The number of carbonyl (C=O) groups is 1. The molecule has 1 aliphatic carbocycles. The van der Waals surface area contributed by atoms with Gasteiger partial charge in [0, 0.05) is 49.6 Å². The van der Waals surface area contributed by atoms with Crippen LogP contribution in [0.4, 0.5) is 14.5 Å². The van der Waals surface area contributed by atoms with E-state index in [0.29, 0.717) is 11.5 Å². The first-order valence-electron chi connectivity index (χ1n) is 13.9. The molecule has 4 aromatic rings. The first-order valence-corrected chi connectivity index (χ1v) is 15.4. The normalized spacial score (nSPS) is 16.9. The second kappa shape index (κ2) is 11.8. The highest BCUT2D eigenvalue weighted by atomic mass is 32.2. The Morgan fingerprint density at radius 3 is 2.50 bits per heavy atom. The maximum atomic E-state index is 15.1. The lowest BCUT2D eigenvalue weighted by atomic mass is 9.85. The summed E-state index contributed by atoms with van der Waals surface area (Å²) in [7, 11) is -2.17. The topological polar surface area (TPSA) is 84.3 Å². The Labute approximate surface area is 245 Å². The van der Waals surface area contributed by atoms with Crippen molar-refractivity contribution in [3.8, 4) is 0 Å². The number of hydrogen-bond donors (Lipinski definition) is 1. The van der Waals surface area contributed by atoms with Gasteiger partial charge in [0.2, 0.25) is 15.9 Å². The fourth-order valence-electron chi connectivity index (χ4n) is 5.34. The molecule has 0 bridgehead atoms. The largest absolute Gasteiger partial charge is 0.337 e. The number of halogens is 2. The van der Waals surface area contributed by atoms with Gasteiger partial charge in [0.1, 0.15) is 5.82 Å². The van der Waals surface area contributed by atoms with Crippen LogP contribution >= 0.6 is 0 Å². The van der Waals surface area contributed by atoms with E-state index in [-0.39, 0.29) is 47.2 Å². The van der Waals surface area contributed by atoms with Crippen LogP contribution < -0.4 is 9.62 Å². The third-order valence-corrected chi connectivity index (χ3v) is 9.35. The molecule has 1 N–H and O–H groups in total. The molecule has 5 rings (SSSR count). The molecule has 0 unspecified atom stereocenters. The number of sulfonamides is 1. The van der Waals surface area contributed by atoms with Crippen LogP contribution in [0.25, 0.3) is 0 Å². The van der Waals surface area contributed by atoms with Gasteiger partial charge in [-0.05, 0) is 54.7 Å².